The number of nitrogens with zero attached hydrogens (tertiary/aromatic N) is 4. The number of hydrogen-bond acceptors (Lipinski definition) is 6. The summed E-state index contributed by atoms with van der Waals surface area (Å²) < 4.78 is 11.3. The van der Waals surface area contributed by atoms with Gasteiger partial charge < -0.3 is 14.4 Å². The number of ether oxygens (including phenoxy) is 2. The van der Waals surface area contributed by atoms with Crippen LogP contribution in [0.1, 0.15) is 38.4 Å². The van der Waals surface area contributed by atoms with Crippen molar-refractivity contribution in [1.29, 1.82) is 0 Å². The van der Waals surface area contributed by atoms with Crippen LogP contribution in [0.3, 0.4) is 0 Å². The number of aryl methyl sites for hydroxylation is 1. The molecule has 1 aromatic rings. The Hall–Kier alpha value is -1.40. The zero-order valence-corrected chi connectivity index (χ0v) is 15.8. The summed E-state index contributed by atoms with van der Waals surface area (Å²) in [4.78, 5) is 13.9. The maximum absolute atomic E-state index is 5.87. The van der Waals surface area contributed by atoms with Gasteiger partial charge in [-0.15, -0.1) is 0 Å². The minimum Gasteiger partial charge on any atom is -0.462 e. The molecule has 6 heteroatoms. The molecule has 1 aliphatic heterocycles. The summed E-state index contributed by atoms with van der Waals surface area (Å²) in [5.74, 6) is 1.02. The molecule has 24 heavy (non-hydrogen) atoms. The molecular weight excluding hydrogens is 304 g/mol. The molecule has 2 rings (SSSR count). The van der Waals surface area contributed by atoms with Gasteiger partial charge in [0.05, 0.1) is 6.10 Å². The van der Waals surface area contributed by atoms with Crippen LogP contribution in [-0.2, 0) is 11.2 Å². The Balaban J connectivity index is 2.00. The molecule has 0 aromatic carbocycles. The highest BCUT2D eigenvalue weighted by molar-refractivity contribution is 5.49. The van der Waals surface area contributed by atoms with Crippen molar-refractivity contribution in [3.63, 3.8) is 0 Å². The van der Waals surface area contributed by atoms with Crippen molar-refractivity contribution in [1.82, 2.24) is 14.9 Å². The van der Waals surface area contributed by atoms with E-state index in [2.05, 4.69) is 35.6 Å². The van der Waals surface area contributed by atoms with E-state index < -0.39 is 0 Å². The van der Waals surface area contributed by atoms with Gasteiger partial charge in [0.1, 0.15) is 12.4 Å². The molecule has 0 bridgehead atoms. The van der Waals surface area contributed by atoms with Gasteiger partial charge in [-0.05, 0) is 33.6 Å². The van der Waals surface area contributed by atoms with Crippen LogP contribution in [0.2, 0.25) is 0 Å². The summed E-state index contributed by atoms with van der Waals surface area (Å²) in [5, 5.41) is 0. The molecule has 0 radical (unpaired) electrons. The second-order valence-electron chi connectivity index (χ2n) is 6.22. The number of aromatic nitrogens is 2. The lowest BCUT2D eigenvalue weighted by Gasteiger charge is -2.24. The van der Waals surface area contributed by atoms with E-state index in [-0.39, 0.29) is 0 Å². The molecular formula is C18H32N4O2. The average molecular weight is 336 g/mol. The lowest BCUT2D eigenvalue weighted by atomic mass is 10.1. The summed E-state index contributed by atoms with van der Waals surface area (Å²) in [6, 6.07) is 0.495. The molecule has 2 heterocycles. The van der Waals surface area contributed by atoms with Crippen LogP contribution in [0.15, 0.2) is 0 Å². The fourth-order valence-corrected chi connectivity index (χ4v) is 3.28. The largest absolute Gasteiger partial charge is 0.462 e. The molecule has 0 saturated carbocycles. The molecule has 1 aromatic heterocycles. The number of likely N-dealkylation sites (tertiary alicyclic amines) is 1. The van der Waals surface area contributed by atoms with E-state index in [1.807, 2.05) is 6.92 Å². The zero-order chi connectivity index (χ0) is 17.5. The smallest absolute Gasteiger partial charge is 0.318 e. The standard InChI is InChI=1S/C18H32N4O2/c1-6-16-14(4)19-18(20-17(16)22(7-2)8-3)24-12-11-21-10-9-15(13-21)23-5/h15H,6-13H2,1-5H3. The van der Waals surface area contributed by atoms with E-state index in [1.54, 1.807) is 7.11 Å². The second-order valence-corrected chi connectivity index (χ2v) is 6.22. The monoisotopic (exact) mass is 336 g/mol. The minimum atomic E-state index is 0.363. The normalized spacial score (nSPS) is 18.1. The van der Waals surface area contributed by atoms with Crippen molar-refractivity contribution in [3.05, 3.63) is 11.3 Å². The molecule has 1 fully saturated rings. The third kappa shape index (κ3) is 4.57. The first-order valence-corrected chi connectivity index (χ1v) is 9.13. The zero-order valence-electron chi connectivity index (χ0n) is 15.8. The first-order valence-electron chi connectivity index (χ1n) is 9.13. The second kappa shape index (κ2) is 9.18. The molecule has 6 nitrogen and oxygen atoms in total. The third-order valence-electron chi connectivity index (χ3n) is 4.79. The molecule has 136 valence electrons. The van der Waals surface area contributed by atoms with E-state index in [0.717, 1.165) is 57.1 Å². The Labute approximate surface area is 146 Å². The molecule has 0 N–H and O–H groups in total. The SMILES string of the molecule is CCc1c(C)nc(OCCN2CCC(OC)C2)nc1N(CC)CC. The Morgan fingerprint density at radius 1 is 1.21 bits per heavy atom. The molecule has 1 unspecified atom stereocenters. The Bertz CT molecular complexity index is 520. The van der Waals surface area contributed by atoms with E-state index >= 15 is 0 Å². The van der Waals surface area contributed by atoms with Crippen molar-refractivity contribution in [2.75, 3.05) is 51.3 Å². The minimum absolute atomic E-state index is 0.363. The van der Waals surface area contributed by atoms with Gasteiger partial charge in [0, 0.05) is 51.1 Å². The molecule has 0 spiro atoms. The lowest BCUT2D eigenvalue weighted by Crippen LogP contribution is -2.28. The highest BCUT2D eigenvalue weighted by atomic mass is 16.5. The number of hydrogen-bond donors (Lipinski definition) is 0. The first kappa shape index (κ1) is 18.9. The summed E-state index contributed by atoms with van der Waals surface area (Å²) in [6.45, 7) is 13.9. The van der Waals surface area contributed by atoms with Crippen LogP contribution in [-0.4, -0.2) is 67.4 Å². The van der Waals surface area contributed by atoms with Crippen LogP contribution in [0.5, 0.6) is 6.01 Å². The van der Waals surface area contributed by atoms with Gasteiger partial charge in [-0.1, -0.05) is 6.92 Å². The molecule has 0 aliphatic carbocycles. The van der Waals surface area contributed by atoms with Gasteiger partial charge in [0.25, 0.3) is 0 Å². The van der Waals surface area contributed by atoms with Crippen molar-refractivity contribution in [2.24, 2.45) is 0 Å². The van der Waals surface area contributed by atoms with Crippen LogP contribution in [0.4, 0.5) is 5.82 Å². The molecule has 1 aliphatic rings. The molecule has 0 amide bonds. The summed E-state index contributed by atoms with van der Waals surface area (Å²) in [5.41, 5.74) is 2.23. The van der Waals surface area contributed by atoms with Crippen molar-refractivity contribution < 1.29 is 9.47 Å². The van der Waals surface area contributed by atoms with E-state index in [1.165, 1.54) is 5.56 Å². The number of anilines is 1. The highest BCUT2D eigenvalue weighted by Gasteiger charge is 2.22. The Morgan fingerprint density at radius 3 is 2.54 bits per heavy atom. The summed E-state index contributed by atoms with van der Waals surface area (Å²) in [6.07, 6.45) is 2.40. The van der Waals surface area contributed by atoms with E-state index in [0.29, 0.717) is 18.7 Å². The van der Waals surface area contributed by atoms with Gasteiger partial charge in [0.2, 0.25) is 0 Å². The predicted octanol–water partition coefficient (Wildman–Crippen LogP) is 2.29. The van der Waals surface area contributed by atoms with Crippen LogP contribution >= 0.6 is 0 Å². The van der Waals surface area contributed by atoms with Gasteiger partial charge in [-0.2, -0.15) is 4.98 Å². The molecule has 1 saturated heterocycles. The van der Waals surface area contributed by atoms with E-state index in [4.69, 9.17) is 14.5 Å². The lowest BCUT2D eigenvalue weighted by molar-refractivity contribution is 0.105. The Kier molecular flexibility index (Phi) is 7.24. The topological polar surface area (TPSA) is 50.7 Å². The van der Waals surface area contributed by atoms with Crippen LogP contribution in [0.25, 0.3) is 0 Å². The first-order chi connectivity index (χ1) is 11.6. The third-order valence-corrected chi connectivity index (χ3v) is 4.79. The van der Waals surface area contributed by atoms with Gasteiger partial charge >= 0.3 is 6.01 Å². The molecule has 1 atom stereocenters. The van der Waals surface area contributed by atoms with Crippen LogP contribution < -0.4 is 9.64 Å². The highest BCUT2D eigenvalue weighted by Crippen LogP contribution is 2.23. The predicted molar refractivity (Wildman–Crippen MR) is 97.1 cm³/mol. The van der Waals surface area contributed by atoms with Crippen molar-refractivity contribution >= 4 is 5.82 Å². The summed E-state index contributed by atoms with van der Waals surface area (Å²) >= 11 is 0. The van der Waals surface area contributed by atoms with Crippen LogP contribution in [0, 0.1) is 6.92 Å². The maximum atomic E-state index is 5.87. The number of methoxy groups -OCH3 is 1. The van der Waals surface area contributed by atoms with Gasteiger partial charge in [0.15, 0.2) is 0 Å². The fourth-order valence-electron chi connectivity index (χ4n) is 3.28. The van der Waals surface area contributed by atoms with Gasteiger partial charge in [-0.3, -0.25) is 4.90 Å². The van der Waals surface area contributed by atoms with Crippen molar-refractivity contribution in [3.8, 4) is 6.01 Å². The summed E-state index contributed by atoms with van der Waals surface area (Å²) in [7, 11) is 1.78. The van der Waals surface area contributed by atoms with E-state index in [9.17, 15) is 0 Å². The number of rotatable bonds is 9. The quantitative estimate of drug-likeness (QED) is 0.690. The average Bonchev–Trinajstić information content (AvgIpc) is 3.04. The van der Waals surface area contributed by atoms with Crippen molar-refractivity contribution in [2.45, 2.75) is 46.6 Å². The Morgan fingerprint density at radius 2 is 1.96 bits per heavy atom. The van der Waals surface area contributed by atoms with Gasteiger partial charge in [-0.25, -0.2) is 4.98 Å². The fraction of sp³-hybridized carbons (Fsp3) is 0.778. The maximum Gasteiger partial charge on any atom is 0.318 e.